The highest BCUT2D eigenvalue weighted by atomic mass is 16.6. The van der Waals surface area contributed by atoms with Crippen molar-refractivity contribution < 1.29 is 28.0 Å². The van der Waals surface area contributed by atoms with Crippen molar-refractivity contribution in [1.29, 1.82) is 0 Å². The van der Waals surface area contributed by atoms with Crippen LogP contribution in [0.1, 0.15) is 13.8 Å². The second kappa shape index (κ2) is 8.79. The van der Waals surface area contributed by atoms with Gasteiger partial charge in [0.05, 0.1) is 42.3 Å². The summed E-state index contributed by atoms with van der Waals surface area (Å²) in [5.74, 6) is 0. The van der Waals surface area contributed by atoms with Crippen molar-refractivity contribution in [2.24, 2.45) is 11.5 Å². The summed E-state index contributed by atoms with van der Waals surface area (Å²) in [6.45, 7) is 5.60. The molecule has 0 radical (unpaired) electrons. The van der Waals surface area contributed by atoms with Crippen LogP contribution >= 0.6 is 0 Å². The third-order valence-electron chi connectivity index (χ3n) is 2.24. The molecule has 0 fully saturated rings. The first-order chi connectivity index (χ1) is 9.54. The molecular weight excluding hydrogens is 288 g/mol. The summed E-state index contributed by atoms with van der Waals surface area (Å²) < 4.78 is 11.0. The summed E-state index contributed by atoms with van der Waals surface area (Å²) in [5.41, 5.74) is 9.19. The molecule has 8 nitrogen and oxygen atoms in total. The first kappa shape index (κ1) is 22.7. The predicted octanol–water partition coefficient (Wildman–Crippen LogP) is 0.354. The van der Waals surface area contributed by atoms with Crippen molar-refractivity contribution in [1.82, 2.24) is 0 Å². The number of rotatable bonds is 6. The van der Waals surface area contributed by atoms with Crippen molar-refractivity contribution in [2.75, 3.05) is 62.0 Å². The molecule has 0 aromatic carbocycles. The summed E-state index contributed by atoms with van der Waals surface area (Å²) in [4.78, 5) is 20.6. The Morgan fingerprint density at radius 3 is 1.64 bits per heavy atom. The van der Waals surface area contributed by atoms with E-state index >= 15 is 0 Å². The van der Waals surface area contributed by atoms with Crippen molar-refractivity contribution in [3.63, 3.8) is 0 Å². The fourth-order valence-electron chi connectivity index (χ4n) is 1.87. The van der Waals surface area contributed by atoms with E-state index < -0.39 is 17.8 Å². The topological polar surface area (TPSA) is 105 Å². The third kappa shape index (κ3) is 20.8. The van der Waals surface area contributed by atoms with Crippen LogP contribution in [-0.2, 0) is 9.47 Å². The maximum Gasteiger partial charge on any atom is 0.405 e. The molecular formula is C14H34N4O4+2. The SMILES string of the molecule is CC(C)(C[N+](C)(C)C)OC(N)=O.C[N+](C)(C)CCOC(N)=O. The van der Waals surface area contributed by atoms with E-state index in [2.05, 4.69) is 4.74 Å². The minimum Gasteiger partial charge on any atom is -0.444 e. The Labute approximate surface area is 134 Å². The normalized spacial score (nSPS) is 12.0. The second-order valence-corrected chi connectivity index (χ2v) is 7.81. The van der Waals surface area contributed by atoms with E-state index in [0.29, 0.717) is 6.61 Å². The first-order valence-electron chi connectivity index (χ1n) is 7.06. The largest absolute Gasteiger partial charge is 0.444 e. The van der Waals surface area contributed by atoms with Gasteiger partial charge in [-0.3, -0.25) is 0 Å². The summed E-state index contributed by atoms with van der Waals surface area (Å²) in [7, 11) is 12.2. The lowest BCUT2D eigenvalue weighted by atomic mass is 10.1. The number of hydrogen-bond donors (Lipinski definition) is 2. The molecule has 0 saturated heterocycles. The van der Waals surface area contributed by atoms with E-state index in [1.54, 1.807) is 0 Å². The van der Waals surface area contributed by atoms with Gasteiger partial charge in [-0.25, -0.2) is 9.59 Å². The second-order valence-electron chi connectivity index (χ2n) is 7.81. The summed E-state index contributed by atoms with van der Waals surface area (Å²) in [6, 6.07) is 0. The number of likely N-dealkylation sites (N-methyl/N-ethyl adjacent to an activating group) is 2. The molecule has 0 unspecified atom stereocenters. The number of quaternary nitrogens is 2. The van der Waals surface area contributed by atoms with Crippen LogP contribution in [0.5, 0.6) is 0 Å². The van der Waals surface area contributed by atoms with Gasteiger partial charge in [0, 0.05) is 0 Å². The third-order valence-corrected chi connectivity index (χ3v) is 2.24. The molecule has 8 heteroatoms. The molecule has 0 atom stereocenters. The van der Waals surface area contributed by atoms with Gasteiger partial charge < -0.3 is 29.9 Å². The molecule has 0 rings (SSSR count). The summed E-state index contributed by atoms with van der Waals surface area (Å²) in [6.07, 6.45) is -1.41. The zero-order valence-electron chi connectivity index (χ0n) is 15.3. The highest BCUT2D eigenvalue weighted by Crippen LogP contribution is 2.12. The fourth-order valence-corrected chi connectivity index (χ4v) is 1.87. The highest BCUT2D eigenvalue weighted by molar-refractivity contribution is 5.65. The number of ether oxygens (including phenoxy) is 2. The number of carbonyl (C=O) groups is 2. The van der Waals surface area contributed by atoms with Crippen LogP contribution in [0.3, 0.4) is 0 Å². The molecule has 0 aliphatic carbocycles. The van der Waals surface area contributed by atoms with Crippen molar-refractivity contribution in [3.05, 3.63) is 0 Å². The maximum atomic E-state index is 10.5. The van der Waals surface area contributed by atoms with Crippen LogP contribution in [0.2, 0.25) is 0 Å². The zero-order valence-corrected chi connectivity index (χ0v) is 15.3. The number of primary amides is 2. The zero-order chi connectivity index (χ0) is 18.2. The number of hydrogen-bond acceptors (Lipinski definition) is 4. The molecule has 0 aliphatic rings. The Bertz CT molecular complexity index is 357. The fraction of sp³-hybridized carbons (Fsp3) is 0.857. The van der Waals surface area contributed by atoms with Crippen LogP contribution in [0, 0.1) is 0 Å². The van der Waals surface area contributed by atoms with Gasteiger partial charge in [0.15, 0.2) is 5.60 Å². The smallest absolute Gasteiger partial charge is 0.405 e. The van der Waals surface area contributed by atoms with Crippen molar-refractivity contribution in [2.45, 2.75) is 19.4 Å². The average molecular weight is 322 g/mol. The lowest BCUT2D eigenvalue weighted by Gasteiger charge is -2.33. The minimum absolute atomic E-state index is 0.388. The summed E-state index contributed by atoms with van der Waals surface area (Å²) in [5, 5.41) is 0. The van der Waals surface area contributed by atoms with Crippen LogP contribution in [0.15, 0.2) is 0 Å². The molecule has 0 aliphatic heterocycles. The van der Waals surface area contributed by atoms with Crippen LogP contribution in [-0.4, -0.2) is 88.7 Å². The Balaban J connectivity index is 0. The lowest BCUT2D eigenvalue weighted by Crippen LogP contribution is -2.48. The minimum atomic E-state index is -0.714. The molecule has 0 spiro atoms. The van der Waals surface area contributed by atoms with E-state index in [9.17, 15) is 9.59 Å². The van der Waals surface area contributed by atoms with Crippen LogP contribution < -0.4 is 11.5 Å². The lowest BCUT2D eigenvalue weighted by molar-refractivity contribution is -0.876. The molecule has 0 bridgehead atoms. The van der Waals surface area contributed by atoms with E-state index in [1.165, 1.54) is 0 Å². The molecule has 4 N–H and O–H groups in total. The average Bonchev–Trinajstić information content (AvgIpc) is 2.07. The number of nitrogens with two attached hydrogens (primary N) is 2. The Kier molecular flexibility index (Phi) is 9.09. The Morgan fingerprint density at radius 2 is 1.36 bits per heavy atom. The van der Waals surface area contributed by atoms with Crippen molar-refractivity contribution in [3.8, 4) is 0 Å². The van der Waals surface area contributed by atoms with Crippen LogP contribution in [0.25, 0.3) is 0 Å². The number of nitrogens with zero attached hydrogens (tertiary/aromatic N) is 2. The quantitative estimate of drug-likeness (QED) is 0.689. The molecule has 2 amide bonds. The van der Waals surface area contributed by atoms with E-state index in [-0.39, 0.29) is 0 Å². The van der Waals surface area contributed by atoms with Crippen LogP contribution in [0.4, 0.5) is 9.59 Å². The first-order valence-corrected chi connectivity index (χ1v) is 7.06. The van der Waals surface area contributed by atoms with E-state index in [0.717, 1.165) is 22.1 Å². The monoisotopic (exact) mass is 322 g/mol. The highest BCUT2D eigenvalue weighted by Gasteiger charge is 2.28. The molecule has 0 heterocycles. The van der Waals surface area contributed by atoms with Gasteiger partial charge in [-0.15, -0.1) is 0 Å². The molecule has 132 valence electrons. The standard InChI is InChI=1S/C8H18N2O2.C6H14N2O2/c1-8(2,12-7(9)11)6-10(3,4)5;1-8(2,3)4-5-10-6(7)9/h6H2,1-5H3,(H-,9,11);4-5H2,1-3H3,(H-,7,9)/p+2. The number of amides is 2. The summed E-state index contributed by atoms with van der Waals surface area (Å²) >= 11 is 0. The predicted molar refractivity (Wildman–Crippen MR) is 86.1 cm³/mol. The molecule has 0 saturated carbocycles. The molecule has 0 aromatic rings. The Hall–Kier alpha value is -1.54. The van der Waals surface area contributed by atoms with E-state index in [4.69, 9.17) is 16.2 Å². The van der Waals surface area contributed by atoms with Gasteiger partial charge in [0.1, 0.15) is 19.7 Å². The van der Waals surface area contributed by atoms with Crippen molar-refractivity contribution >= 4 is 12.2 Å². The molecule has 0 aromatic heterocycles. The van der Waals surface area contributed by atoms with E-state index in [1.807, 2.05) is 56.1 Å². The van der Waals surface area contributed by atoms with Gasteiger partial charge in [-0.2, -0.15) is 0 Å². The van der Waals surface area contributed by atoms with Gasteiger partial charge >= 0.3 is 12.2 Å². The van der Waals surface area contributed by atoms with Gasteiger partial charge in [-0.05, 0) is 13.8 Å². The Morgan fingerprint density at radius 1 is 0.909 bits per heavy atom. The van der Waals surface area contributed by atoms with Gasteiger partial charge in [0.2, 0.25) is 0 Å². The van der Waals surface area contributed by atoms with Gasteiger partial charge in [-0.1, -0.05) is 0 Å². The molecule has 22 heavy (non-hydrogen) atoms. The number of carbonyl (C=O) groups excluding carboxylic acids is 2. The van der Waals surface area contributed by atoms with Gasteiger partial charge in [0.25, 0.3) is 0 Å². The maximum absolute atomic E-state index is 10.5.